The monoisotopic (exact) mass is 1480 g/mol. The first-order chi connectivity index (χ1) is 48.7. The van der Waals surface area contributed by atoms with Crippen LogP contribution in [-0.4, -0.2) is 96.7 Å². The van der Waals surface area contributed by atoms with Crippen molar-refractivity contribution in [3.8, 4) is 0 Å². The van der Waals surface area contributed by atoms with Gasteiger partial charge in [0, 0.05) is 25.7 Å². The van der Waals surface area contributed by atoms with Crippen LogP contribution in [0.3, 0.4) is 0 Å². The molecule has 3 N–H and O–H groups in total. The number of carbonyl (C=O) groups excluding carboxylic acids is 4. The number of hydrogen-bond donors (Lipinski definition) is 3. The Bertz CT molecular complexity index is 1960. The van der Waals surface area contributed by atoms with Gasteiger partial charge in [-0.1, -0.05) is 376 Å². The number of hydrogen-bond acceptors (Lipinski definition) is 15. The van der Waals surface area contributed by atoms with Crippen molar-refractivity contribution < 1.29 is 80.2 Å². The Labute approximate surface area is 619 Å². The quantitative estimate of drug-likeness (QED) is 0.0222. The Kier molecular flexibility index (Phi) is 70.9. The average molecular weight is 1480 g/mol. The first-order valence-electron chi connectivity index (χ1n) is 42.3. The number of phosphoric acid groups is 2. The number of carbonyl (C=O) groups is 4. The van der Waals surface area contributed by atoms with E-state index < -0.39 is 97.5 Å². The first kappa shape index (κ1) is 99.1. The van der Waals surface area contributed by atoms with E-state index in [2.05, 4.69) is 48.5 Å². The number of rotatable bonds is 80. The Morgan fingerprint density at radius 1 is 0.267 bits per heavy atom. The molecule has 0 aromatic carbocycles. The van der Waals surface area contributed by atoms with Crippen molar-refractivity contribution in [2.24, 2.45) is 17.8 Å². The molecule has 2 unspecified atom stereocenters. The third kappa shape index (κ3) is 76.1. The second-order valence-corrected chi connectivity index (χ2v) is 33.8. The number of phosphoric ester groups is 2. The molecule has 0 aliphatic heterocycles. The standard InChI is InChI=1S/C82H160O17P2/c1-8-9-10-11-12-13-14-15-16-17-20-23-29-34-42-49-56-63-79(84)92-69-77(98-81(86)65-58-51-44-35-30-24-21-18-19-22-27-32-39-46-53-60-73(2)3)71-96-100(88,89)94-67-76(83)68-95-101(90,91)97-72-78(70-93-80(85)64-57-50-43-38-37-41-48-55-62-75(6)7)99-82(87)66-59-52-45-36-31-26-25-28-33-40-47-54-61-74(4)5/h73-78,83H,8-72H2,1-7H3,(H,88,89)(H,90,91)/t76-,77-,78-/m1/s1. The number of ether oxygens (including phenoxy) is 4. The van der Waals surface area contributed by atoms with Gasteiger partial charge in [0.1, 0.15) is 19.3 Å². The van der Waals surface area contributed by atoms with Gasteiger partial charge in [0.05, 0.1) is 26.4 Å². The summed E-state index contributed by atoms with van der Waals surface area (Å²) in [5, 5.41) is 10.7. The summed E-state index contributed by atoms with van der Waals surface area (Å²) >= 11 is 0. The zero-order chi connectivity index (χ0) is 74.4. The topological polar surface area (TPSA) is 237 Å². The maximum absolute atomic E-state index is 13.1. The molecule has 0 amide bonds. The summed E-state index contributed by atoms with van der Waals surface area (Å²) in [6.45, 7) is 12.0. The number of aliphatic hydroxyl groups excluding tert-OH is 1. The molecular weight excluding hydrogens is 1320 g/mol. The second kappa shape index (κ2) is 72.3. The molecule has 0 radical (unpaired) electrons. The van der Waals surface area contributed by atoms with Gasteiger partial charge < -0.3 is 33.8 Å². The third-order valence-electron chi connectivity index (χ3n) is 19.1. The Balaban J connectivity index is 5.26. The van der Waals surface area contributed by atoms with Crippen LogP contribution in [0.5, 0.6) is 0 Å². The van der Waals surface area contributed by atoms with E-state index in [1.807, 2.05) is 0 Å². The van der Waals surface area contributed by atoms with E-state index in [0.717, 1.165) is 108 Å². The highest BCUT2D eigenvalue weighted by atomic mass is 31.2. The highest BCUT2D eigenvalue weighted by Gasteiger charge is 2.30. The summed E-state index contributed by atoms with van der Waals surface area (Å²) in [4.78, 5) is 73.1. The van der Waals surface area contributed by atoms with Crippen molar-refractivity contribution in [2.45, 2.75) is 446 Å². The predicted octanol–water partition coefficient (Wildman–Crippen LogP) is 24.5. The minimum atomic E-state index is -4.96. The van der Waals surface area contributed by atoms with Crippen LogP contribution in [0.1, 0.15) is 427 Å². The van der Waals surface area contributed by atoms with Gasteiger partial charge in [0.2, 0.25) is 0 Å². The molecule has 0 aliphatic carbocycles. The fraction of sp³-hybridized carbons (Fsp3) is 0.951. The van der Waals surface area contributed by atoms with Crippen LogP contribution in [0.25, 0.3) is 0 Å². The normalized spacial score (nSPS) is 14.0. The lowest BCUT2D eigenvalue weighted by Gasteiger charge is -2.21. The van der Waals surface area contributed by atoms with E-state index in [4.69, 9.17) is 37.0 Å². The maximum atomic E-state index is 13.1. The molecule has 0 saturated heterocycles. The van der Waals surface area contributed by atoms with Gasteiger partial charge in [-0.15, -0.1) is 0 Å². The summed E-state index contributed by atoms with van der Waals surface area (Å²) in [5.41, 5.74) is 0. The smallest absolute Gasteiger partial charge is 0.462 e. The van der Waals surface area contributed by atoms with Gasteiger partial charge >= 0.3 is 39.5 Å². The summed E-state index contributed by atoms with van der Waals surface area (Å²) in [6.07, 6.45) is 61.0. The van der Waals surface area contributed by atoms with E-state index >= 15 is 0 Å². The number of aliphatic hydroxyl groups is 1. The van der Waals surface area contributed by atoms with Crippen LogP contribution >= 0.6 is 15.6 Å². The van der Waals surface area contributed by atoms with E-state index in [0.29, 0.717) is 25.7 Å². The van der Waals surface area contributed by atoms with E-state index in [1.54, 1.807) is 0 Å². The van der Waals surface area contributed by atoms with Gasteiger partial charge in [0.25, 0.3) is 0 Å². The van der Waals surface area contributed by atoms with Gasteiger partial charge in [-0.25, -0.2) is 9.13 Å². The molecule has 19 heteroatoms. The van der Waals surface area contributed by atoms with Gasteiger partial charge in [-0.3, -0.25) is 37.3 Å². The molecule has 0 heterocycles. The van der Waals surface area contributed by atoms with Gasteiger partial charge in [0.15, 0.2) is 12.2 Å². The van der Waals surface area contributed by atoms with Crippen molar-refractivity contribution in [3.05, 3.63) is 0 Å². The van der Waals surface area contributed by atoms with E-state index in [-0.39, 0.29) is 25.7 Å². The molecule has 0 saturated carbocycles. The van der Waals surface area contributed by atoms with Crippen molar-refractivity contribution >= 4 is 39.5 Å². The Hall–Kier alpha value is -1.94. The average Bonchev–Trinajstić information content (AvgIpc) is 0.920. The van der Waals surface area contributed by atoms with Crippen molar-refractivity contribution in [2.75, 3.05) is 39.6 Å². The van der Waals surface area contributed by atoms with Crippen molar-refractivity contribution in [3.63, 3.8) is 0 Å². The SMILES string of the molecule is CCCCCCCCCCCCCCCCCCCC(=O)OC[C@H](COP(=O)(O)OC[C@@H](O)COP(=O)(O)OC[C@@H](COC(=O)CCCCCCCCCCC(C)C)OC(=O)CCCCCCCCCCCCCCC(C)C)OC(=O)CCCCCCCCCCCCCCCCCC(C)C. The molecule has 0 aliphatic rings. The Morgan fingerprint density at radius 2 is 0.455 bits per heavy atom. The van der Waals surface area contributed by atoms with Crippen LogP contribution in [0, 0.1) is 17.8 Å². The summed E-state index contributed by atoms with van der Waals surface area (Å²) < 4.78 is 68.8. The molecule has 0 bridgehead atoms. The fourth-order valence-corrected chi connectivity index (χ4v) is 14.2. The van der Waals surface area contributed by atoms with Crippen LogP contribution in [0.15, 0.2) is 0 Å². The third-order valence-corrected chi connectivity index (χ3v) is 21.0. The lowest BCUT2D eigenvalue weighted by atomic mass is 10.0. The molecule has 101 heavy (non-hydrogen) atoms. The molecule has 5 atom stereocenters. The van der Waals surface area contributed by atoms with Gasteiger partial charge in [-0.05, 0) is 43.4 Å². The highest BCUT2D eigenvalue weighted by Crippen LogP contribution is 2.45. The Morgan fingerprint density at radius 3 is 0.673 bits per heavy atom. The minimum absolute atomic E-state index is 0.106. The van der Waals surface area contributed by atoms with E-state index in [9.17, 15) is 43.2 Å². The highest BCUT2D eigenvalue weighted by molar-refractivity contribution is 7.47. The van der Waals surface area contributed by atoms with Gasteiger partial charge in [-0.2, -0.15) is 0 Å². The second-order valence-electron chi connectivity index (χ2n) is 30.9. The minimum Gasteiger partial charge on any atom is -0.462 e. The predicted molar refractivity (Wildman–Crippen MR) is 414 cm³/mol. The molecule has 600 valence electrons. The maximum Gasteiger partial charge on any atom is 0.472 e. The molecule has 0 rings (SSSR count). The van der Waals surface area contributed by atoms with Crippen molar-refractivity contribution in [1.82, 2.24) is 0 Å². The molecule has 0 aromatic heterocycles. The number of esters is 4. The van der Waals surface area contributed by atoms with Crippen LogP contribution in [0.4, 0.5) is 0 Å². The molecule has 17 nitrogen and oxygen atoms in total. The zero-order valence-electron chi connectivity index (χ0n) is 66.4. The van der Waals surface area contributed by atoms with Crippen molar-refractivity contribution in [1.29, 1.82) is 0 Å². The lowest BCUT2D eigenvalue weighted by Crippen LogP contribution is -2.30. The molecule has 0 fully saturated rings. The zero-order valence-corrected chi connectivity index (χ0v) is 68.2. The number of unbranched alkanes of at least 4 members (excludes halogenated alkanes) is 48. The molecule has 0 spiro atoms. The molecular formula is C82H160O17P2. The lowest BCUT2D eigenvalue weighted by molar-refractivity contribution is -0.161. The van der Waals surface area contributed by atoms with Crippen LogP contribution < -0.4 is 0 Å². The largest absolute Gasteiger partial charge is 0.472 e. The molecule has 0 aromatic rings. The van der Waals surface area contributed by atoms with Crippen LogP contribution in [0.2, 0.25) is 0 Å². The summed E-state index contributed by atoms with van der Waals surface area (Å²) in [7, 11) is -9.92. The first-order valence-corrected chi connectivity index (χ1v) is 45.3. The van der Waals surface area contributed by atoms with Crippen LogP contribution in [-0.2, 0) is 65.4 Å². The van der Waals surface area contributed by atoms with E-state index in [1.165, 1.54) is 238 Å². The summed E-state index contributed by atoms with van der Waals surface area (Å²) in [6, 6.07) is 0. The fourth-order valence-electron chi connectivity index (χ4n) is 12.7. The summed E-state index contributed by atoms with van der Waals surface area (Å²) in [5.74, 6) is 0.196.